The van der Waals surface area contributed by atoms with Gasteiger partial charge in [0, 0.05) is 18.3 Å². The molecule has 0 unspecified atom stereocenters. The van der Waals surface area contributed by atoms with Crippen LogP contribution in [-0.2, 0) is 27.8 Å². The van der Waals surface area contributed by atoms with E-state index >= 15 is 0 Å². The summed E-state index contributed by atoms with van der Waals surface area (Å²) in [6, 6.07) is 16.5. The van der Waals surface area contributed by atoms with E-state index in [2.05, 4.69) is 49.5 Å². The lowest BCUT2D eigenvalue weighted by Gasteiger charge is -2.21. The number of sulfonamides is 1. The second-order valence-electron chi connectivity index (χ2n) is 9.74. The first-order chi connectivity index (χ1) is 16.5. The van der Waals surface area contributed by atoms with Gasteiger partial charge in [0.1, 0.15) is 0 Å². The molecule has 1 amide bonds. The molecule has 1 aromatic heterocycles. The molecule has 0 spiro atoms. The molecular weight excluding hydrogens is 458 g/mol. The molecule has 0 aliphatic carbocycles. The molecule has 0 saturated carbocycles. The minimum absolute atomic E-state index is 0.0124. The molecule has 2 aromatic carbocycles. The quantitative estimate of drug-likeness (QED) is 0.448. The number of carbonyl (C=O) groups excluding carboxylic acids is 1. The highest BCUT2D eigenvalue weighted by Crippen LogP contribution is 2.33. The number of benzene rings is 2. The smallest absolute Gasteiger partial charge is 0.264 e. The maximum absolute atomic E-state index is 13.0. The van der Waals surface area contributed by atoms with Gasteiger partial charge in [-0.15, -0.1) is 0 Å². The topological polar surface area (TPSA) is 79.4 Å². The van der Waals surface area contributed by atoms with E-state index in [1.807, 2.05) is 37.2 Å². The van der Waals surface area contributed by atoms with Crippen molar-refractivity contribution in [2.24, 2.45) is 0 Å². The van der Waals surface area contributed by atoms with Gasteiger partial charge in [0.2, 0.25) is 5.91 Å². The number of aromatic nitrogens is 1. The molecule has 0 saturated heterocycles. The molecule has 6 nitrogen and oxygen atoms in total. The number of amides is 1. The van der Waals surface area contributed by atoms with Gasteiger partial charge in [-0.3, -0.25) is 9.78 Å². The Balaban J connectivity index is 1.90. The van der Waals surface area contributed by atoms with Crippen LogP contribution in [0, 0.1) is 0 Å². The summed E-state index contributed by atoms with van der Waals surface area (Å²) in [5.74, 6) is -0.239. The summed E-state index contributed by atoms with van der Waals surface area (Å²) in [6.45, 7) is 9.02. The number of nitrogens with one attached hydrogen (secondary N) is 1. The Bertz CT molecular complexity index is 1240. The van der Waals surface area contributed by atoms with E-state index in [0.29, 0.717) is 6.54 Å². The highest BCUT2D eigenvalue weighted by molar-refractivity contribution is 7.90. The van der Waals surface area contributed by atoms with Gasteiger partial charge in [0.25, 0.3) is 10.0 Å². The van der Waals surface area contributed by atoms with E-state index in [1.54, 1.807) is 18.3 Å². The Labute approximate surface area is 209 Å². The number of carbonyl (C=O) groups is 1. The van der Waals surface area contributed by atoms with Crippen molar-refractivity contribution >= 4 is 15.9 Å². The fourth-order valence-electron chi connectivity index (χ4n) is 4.18. The number of hydrogen-bond donors (Lipinski definition) is 1. The van der Waals surface area contributed by atoms with Gasteiger partial charge >= 0.3 is 0 Å². The maximum Gasteiger partial charge on any atom is 0.264 e. The third-order valence-corrected chi connectivity index (χ3v) is 7.23. The summed E-state index contributed by atoms with van der Waals surface area (Å²) in [5.41, 5.74) is 5.79. The standard InChI is InChI=1S/C28H35N3O3S/c1-19(2)24-15-22(27-9-7-8-14-29-27)16-25(20(3)4)26(24)17-28(32)30-35(33,34)23-12-10-21(11-13-23)18-31(5)6/h7-16,19-20H,17-18H2,1-6H3,(H,30,32). The molecule has 3 rings (SSSR count). The molecular formula is C28H35N3O3S. The molecule has 0 radical (unpaired) electrons. The monoisotopic (exact) mass is 493 g/mol. The van der Waals surface area contributed by atoms with Crippen molar-refractivity contribution in [3.8, 4) is 11.3 Å². The summed E-state index contributed by atoms with van der Waals surface area (Å²) in [7, 11) is -0.0673. The SMILES string of the molecule is CC(C)c1cc(-c2ccccn2)cc(C(C)C)c1CC(=O)NS(=O)(=O)c1ccc(CN(C)C)cc1. The summed E-state index contributed by atoms with van der Waals surface area (Å²) in [5, 5.41) is 0. The lowest BCUT2D eigenvalue weighted by Crippen LogP contribution is -2.32. The van der Waals surface area contributed by atoms with E-state index in [1.165, 1.54) is 12.1 Å². The molecule has 0 aliphatic heterocycles. The van der Waals surface area contributed by atoms with Gasteiger partial charge in [-0.25, -0.2) is 13.1 Å². The van der Waals surface area contributed by atoms with Crippen LogP contribution >= 0.6 is 0 Å². The Hall–Kier alpha value is -3.03. The van der Waals surface area contributed by atoms with Crippen LogP contribution < -0.4 is 4.72 Å². The minimum atomic E-state index is -3.97. The normalized spacial score (nSPS) is 11.9. The number of pyridine rings is 1. The average molecular weight is 494 g/mol. The van der Waals surface area contributed by atoms with E-state index in [0.717, 1.165) is 33.5 Å². The summed E-state index contributed by atoms with van der Waals surface area (Å²) >= 11 is 0. The van der Waals surface area contributed by atoms with Crippen molar-refractivity contribution in [2.45, 2.75) is 57.4 Å². The van der Waals surface area contributed by atoms with Gasteiger partial charge in [0.05, 0.1) is 17.0 Å². The first-order valence-electron chi connectivity index (χ1n) is 11.9. The zero-order valence-electron chi connectivity index (χ0n) is 21.4. The molecule has 3 aromatic rings. The lowest BCUT2D eigenvalue weighted by atomic mass is 9.84. The molecule has 0 bridgehead atoms. The van der Waals surface area contributed by atoms with Crippen LogP contribution in [0.3, 0.4) is 0 Å². The Morgan fingerprint density at radius 2 is 1.54 bits per heavy atom. The first-order valence-corrected chi connectivity index (χ1v) is 13.3. The predicted molar refractivity (Wildman–Crippen MR) is 141 cm³/mol. The maximum atomic E-state index is 13.0. The fraction of sp³-hybridized carbons (Fsp3) is 0.357. The van der Waals surface area contributed by atoms with Crippen molar-refractivity contribution in [3.63, 3.8) is 0 Å². The van der Waals surface area contributed by atoms with Crippen molar-refractivity contribution in [1.29, 1.82) is 0 Å². The Kier molecular flexibility index (Phi) is 8.46. The van der Waals surface area contributed by atoms with Crippen molar-refractivity contribution < 1.29 is 13.2 Å². The highest BCUT2D eigenvalue weighted by atomic mass is 32.2. The van der Waals surface area contributed by atoms with Crippen LogP contribution in [0.5, 0.6) is 0 Å². The lowest BCUT2D eigenvalue weighted by molar-refractivity contribution is -0.118. The molecule has 186 valence electrons. The molecule has 7 heteroatoms. The highest BCUT2D eigenvalue weighted by Gasteiger charge is 2.23. The zero-order valence-corrected chi connectivity index (χ0v) is 22.2. The summed E-state index contributed by atoms with van der Waals surface area (Å²) in [6.07, 6.45) is 1.75. The van der Waals surface area contributed by atoms with Crippen LogP contribution in [0.25, 0.3) is 11.3 Å². The van der Waals surface area contributed by atoms with Crippen molar-refractivity contribution in [2.75, 3.05) is 14.1 Å². The third-order valence-electron chi connectivity index (χ3n) is 5.84. The van der Waals surface area contributed by atoms with Crippen molar-refractivity contribution in [3.05, 3.63) is 83.0 Å². The van der Waals surface area contributed by atoms with Crippen LogP contribution in [0.1, 0.15) is 61.8 Å². The molecule has 1 N–H and O–H groups in total. The second-order valence-corrected chi connectivity index (χ2v) is 11.4. The fourth-order valence-corrected chi connectivity index (χ4v) is 5.16. The van der Waals surface area contributed by atoms with Crippen LogP contribution in [0.2, 0.25) is 0 Å². The van der Waals surface area contributed by atoms with E-state index in [-0.39, 0.29) is 23.2 Å². The van der Waals surface area contributed by atoms with E-state index < -0.39 is 15.9 Å². The summed E-state index contributed by atoms with van der Waals surface area (Å²) in [4.78, 5) is 19.6. The predicted octanol–water partition coefficient (Wildman–Crippen LogP) is 5.10. The van der Waals surface area contributed by atoms with Gasteiger partial charge in [-0.2, -0.15) is 0 Å². The molecule has 35 heavy (non-hydrogen) atoms. The van der Waals surface area contributed by atoms with E-state index in [4.69, 9.17) is 0 Å². The first kappa shape index (κ1) is 26.6. The minimum Gasteiger partial charge on any atom is -0.305 e. The van der Waals surface area contributed by atoms with Crippen LogP contribution in [0.15, 0.2) is 65.7 Å². The molecule has 0 atom stereocenters. The van der Waals surface area contributed by atoms with Gasteiger partial charge in [0.15, 0.2) is 0 Å². The van der Waals surface area contributed by atoms with Crippen molar-refractivity contribution in [1.82, 2.24) is 14.6 Å². The van der Waals surface area contributed by atoms with Crippen LogP contribution in [-0.4, -0.2) is 38.3 Å². The molecule has 1 heterocycles. The second kappa shape index (κ2) is 11.1. The Morgan fingerprint density at radius 1 is 0.943 bits per heavy atom. The average Bonchev–Trinajstić information content (AvgIpc) is 2.79. The largest absolute Gasteiger partial charge is 0.305 e. The van der Waals surface area contributed by atoms with Crippen LogP contribution in [0.4, 0.5) is 0 Å². The summed E-state index contributed by atoms with van der Waals surface area (Å²) < 4.78 is 28.1. The van der Waals surface area contributed by atoms with E-state index in [9.17, 15) is 13.2 Å². The number of nitrogens with zero attached hydrogens (tertiary/aromatic N) is 2. The number of hydrogen-bond acceptors (Lipinski definition) is 5. The third kappa shape index (κ3) is 6.77. The molecule has 0 fully saturated rings. The zero-order chi connectivity index (χ0) is 25.8. The van der Waals surface area contributed by atoms with Gasteiger partial charge in [-0.1, -0.05) is 45.9 Å². The van der Waals surface area contributed by atoms with Gasteiger partial charge < -0.3 is 4.90 Å². The molecule has 0 aliphatic rings. The Morgan fingerprint density at radius 3 is 2.03 bits per heavy atom. The number of rotatable bonds is 9. The van der Waals surface area contributed by atoms with Gasteiger partial charge in [-0.05, 0) is 84.6 Å².